The summed E-state index contributed by atoms with van der Waals surface area (Å²) < 4.78 is 0. The molecule has 1 nitrogen and oxygen atoms in total. The van der Waals surface area contributed by atoms with Crippen LogP contribution in [0.4, 0.5) is 0 Å². The van der Waals surface area contributed by atoms with Crippen molar-refractivity contribution in [2.75, 3.05) is 6.54 Å². The zero-order valence-corrected chi connectivity index (χ0v) is 12.6. The summed E-state index contributed by atoms with van der Waals surface area (Å²) in [5.41, 5.74) is 2.32. The van der Waals surface area contributed by atoms with Crippen LogP contribution in [0.15, 0.2) is 42.5 Å². The van der Waals surface area contributed by atoms with Crippen molar-refractivity contribution in [2.24, 2.45) is 0 Å². The zero-order valence-electron chi connectivity index (χ0n) is 10.3. The van der Waals surface area contributed by atoms with E-state index in [2.05, 4.69) is 5.32 Å². The van der Waals surface area contributed by atoms with Crippen molar-refractivity contribution in [2.45, 2.75) is 13.0 Å². The summed E-state index contributed by atoms with van der Waals surface area (Å²) in [7, 11) is 0. The van der Waals surface area contributed by atoms with Crippen LogP contribution in [0, 0.1) is 0 Å². The molecule has 0 aliphatic carbocycles. The highest BCUT2D eigenvalue weighted by molar-refractivity contribution is 6.35. The minimum absolute atomic E-state index is 0.662. The van der Waals surface area contributed by atoms with Crippen LogP contribution in [0.5, 0.6) is 0 Å². The lowest BCUT2D eigenvalue weighted by Crippen LogP contribution is -2.16. The third-order valence-corrected chi connectivity index (χ3v) is 3.67. The first kappa shape index (κ1) is 14.7. The van der Waals surface area contributed by atoms with Crippen LogP contribution in [-0.2, 0) is 13.0 Å². The Bertz CT molecular complexity index is 538. The molecular weight excluding hydrogens is 301 g/mol. The van der Waals surface area contributed by atoms with E-state index >= 15 is 0 Å². The fourth-order valence-electron chi connectivity index (χ4n) is 1.77. The van der Waals surface area contributed by atoms with Crippen LogP contribution in [0.3, 0.4) is 0 Å². The van der Waals surface area contributed by atoms with E-state index in [4.69, 9.17) is 34.8 Å². The normalized spacial score (nSPS) is 10.7. The quantitative estimate of drug-likeness (QED) is 0.768. The molecule has 4 heteroatoms. The van der Waals surface area contributed by atoms with Gasteiger partial charge in [-0.05, 0) is 48.4 Å². The molecule has 0 amide bonds. The lowest BCUT2D eigenvalue weighted by atomic mass is 10.1. The van der Waals surface area contributed by atoms with Crippen molar-refractivity contribution >= 4 is 34.8 Å². The van der Waals surface area contributed by atoms with Crippen LogP contribution in [0.25, 0.3) is 0 Å². The molecule has 0 bridgehead atoms. The van der Waals surface area contributed by atoms with Crippen LogP contribution in [-0.4, -0.2) is 6.54 Å². The van der Waals surface area contributed by atoms with E-state index in [0.717, 1.165) is 30.1 Å². The van der Waals surface area contributed by atoms with Gasteiger partial charge in [0, 0.05) is 21.6 Å². The van der Waals surface area contributed by atoms with Crippen molar-refractivity contribution < 1.29 is 0 Å². The molecule has 0 spiro atoms. The summed E-state index contributed by atoms with van der Waals surface area (Å²) in [4.78, 5) is 0. The maximum absolute atomic E-state index is 6.10. The fraction of sp³-hybridized carbons (Fsp3) is 0.200. The molecule has 0 atom stereocenters. The number of rotatable bonds is 5. The Morgan fingerprint density at radius 3 is 2.21 bits per heavy atom. The van der Waals surface area contributed by atoms with Gasteiger partial charge in [0.25, 0.3) is 0 Å². The summed E-state index contributed by atoms with van der Waals surface area (Å²) in [6.07, 6.45) is 0.961. The second kappa shape index (κ2) is 7.16. The molecule has 0 saturated heterocycles. The smallest absolute Gasteiger partial charge is 0.0465 e. The summed E-state index contributed by atoms with van der Waals surface area (Å²) in [5, 5.41) is 5.50. The van der Waals surface area contributed by atoms with Gasteiger partial charge in [-0.3, -0.25) is 0 Å². The van der Waals surface area contributed by atoms with Gasteiger partial charge in [0.1, 0.15) is 0 Å². The maximum Gasteiger partial charge on any atom is 0.0465 e. The molecule has 0 fully saturated rings. The van der Waals surface area contributed by atoms with E-state index in [0.29, 0.717) is 10.0 Å². The summed E-state index contributed by atoms with van der Waals surface area (Å²) in [5.74, 6) is 0. The maximum atomic E-state index is 6.10. The first-order valence-electron chi connectivity index (χ1n) is 6.04. The van der Waals surface area contributed by atoms with Crippen molar-refractivity contribution in [3.8, 4) is 0 Å². The number of hydrogen-bond donors (Lipinski definition) is 1. The highest BCUT2D eigenvalue weighted by Gasteiger charge is 2.00. The van der Waals surface area contributed by atoms with E-state index in [1.807, 2.05) is 36.4 Å². The average molecular weight is 315 g/mol. The summed E-state index contributed by atoms with van der Waals surface area (Å²) in [6.45, 7) is 1.63. The van der Waals surface area contributed by atoms with Gasteiger partial charge < -0.3 is 5.32 Å². The SMILES string of the molecule is Clc1ccc(CCNCc2ccc(Cl)cc2Cl)cc1. The first-order valence-corrected chi connectivity index (χ1v) is 7.17. The second-order valence-corrected chi connectivity index (χ2v) is 5.57. The van der Waals surface area contributed by atoms with E-state index in [1.165, 1.54) is 5.56 Å². The predicted molar refractivity (Wildman–Crippen MR) is 83.3 cm³/mol. The van der Waals surface area contributed by atoms with Gasteiger partial charge in [-0.2, -0.15) is 0 Å². The van der Waals surface area contributed by atoms with E-state index in [9.17, 15) is 0 Å². The Morgan fingerprint density at radius 1 is 0.842 bits per heavy atom. The third-order valence-electron chi connectivity index (χ3n) is 2.83. The molecular formula is C15H14Cl3N. The highest BCUT2D eigenvalue weighted by Crippen LogP contribution is 2.20. The fourth-order valence-corrected chi connectivity index (χ4v) is 2.37. The van der Waals surface area contributed by atoms with Crippen LogP contribution >= 0.6 is 34.8 Å². The molecule has 0 radical (unpaired) electrons. The first-order chi connectivity index (χ1) is 9.15. The molecule has 0 aromatic heterocycles. The molecule has 19 heavy (non-hydrogen) atoms. The molecule has 1 N–H and O–H groups in total. The van der Waals surface area contributed by atoms with Gasteiger partial charge in [-0.25, -0.2) is 0 Å². The largest absolute Gasteiger partial charge is 0.312 e. The van der Waals surface area contributed by atoms with Crippen LogP contribution in [0.2, 0.25) is 15.1 Å². The van der Waals surface area contributed by atoms with Gasteiger partial charge in [0.15, 0.2) is 0 Å². The molecule has 2 rings (SSSR count). The second-order valence-electron chi connectivity index (χ2n) is 4.29. The minimum Gasteiger partial charge on any atom is -0.312 e. The third kappa shape index (κ3) is 4.70. The van der Waals surface area contributed by atoms with E-state index in [1.54, 1.807) is 6.07 Å². The van der Waals surface area contributed by atoms with Gasteiger partial charge in [0.05, 0.1) is 0 Å². The molecule has 2 aromatic carbocycles. The molecule has 100 valence electrons. The number of nitrogens with one attached hydrogen (secondary N) is 1. The van der Waals surface area contributed by atoms with E-state index in [-0.39, 0.29) is 0 Å². The average Bonchev–Trinajstić information content (AvgIpc) is 2.39. The lowest BCUT2D eigenvalue weighted by Gasteiger charge is -2.07. The van der Waals surface area contributed by atoms with Gasteiger partial charge in [-0.1, -0.05) is 53.0 Å². The van der Waals surface area contributed by atoms with Crippen molar-refractivity contribution in [1.29, 1.82) is 0 Å². The summed E-state index contributed by atoms with van der Waals surface area (Å²) >= 11 is 17.8. The standard InChI is InChI=1S/C15H14Cl3N/c16-13-4-1-11(2-5-13)7-8-19-10-12-3-6-14(17)9-15(12)18/h1-6,9,19H,7-8,10H2. The van der Waals surface area contributed by atoms with Gasteiger partial charge in [0.2, 0.25) is 0 Å². The zero-order chi connectivity index (χ0) is 13.7. The van der Waals surface area contributed by atoms with Crippen molar-refractivity contribution in [3.63, 3.8) is 0 Å². The topological polar surface area (TPSA) is 12.0 Å². The predicted octanol–water partition coefficient (Wildman–Crippen LogP) is 4.98. The number of halogens is 3. The molecule has 0 heterocycles. The Labute approximate surface area is 128 Å². The molecule has 2 aromatic rings. The monoisotopic (exact) mass is 313 g/mol. The van der Waals surface area contributed by atoms with E-state index < -0.39 is 0 Å². The summed E-state index contributed by atoms with van der Waals surface area (Å²) in [6, 6.07) is 13.5. The highest BCUT2D eigenvalue weighted by atomic mass is 35.5. The Morgan fingerprint density at radius 2 is 1.53 bits per heavy atom. The Balaban J connectivity index is 1.79. The molecule has 0 saturated carbocycles. The molecule has 0 aliphatic rings. The van der Waals surface area contributed by atoms with Crippen molar-refractivity contribution in [1.82, 2.24) is 5.32 Å². The Hall–Kier alpha value is -0.730. The molecule has 0 aliphatic heterocycles. The van der Waals surface area contributed by atoms with Gasteiger partial charge in [-0.15, -0.1) is 0 Å². The van der Waals surface area contributed by atoms with Crippen molar-refractivity contribution in [3.05, 3.63) is 68.7 Å². The van der Waals surface area contributed by atoms with Crippen LogP contribution in [0.1, 0.15) is 11.1 Å². The molecule has 0 unspecified atom stereocenters. The van der Waals surface area contributed by atoms with Crippen LogP contribution < -0.4 is 5.32 Å². The minimum atomic E-state index is 0.662. The number of benzene rings is 2. The van der Waals surface area contributed by atoms with Gasteiger partial charge >= 0.3 is 0 Å². The number of hydrogen-bond acceptors (Lipinski definition) is 1. The Kier molecular flexibility index (Phi) is 5.53. The lowest BCUT2D eigenvalue weighted by molar-refractivity contribution is 0.687.